The third kappa shape index (κ3) is 5.27. The minimum atomic E-state index is 0.396. The average Bonchev–Trinajstić information content (AvgIpc) is 2.74. The van der Waals surface area contributed by atoms with Crippen LogP contribution >= 0.6 is 0 Å². The van der Waals surface area contributed by atoms with E-state index in [-0.39, 0.29) is 0 Å². The van der Waals surface area contributed by atoms with Crippen LogP contribution in [-0.2, 0) is 17.8 Å². The van der Waals surface area contributed by atoms with Crippen LogP contribution in [0.15, 0.2) is 10.5 Å². The van der Waals surface area contributed by atoms with E-state index in [0.29, 0.717) is 12.1 Å². The van der Waals surface area contributed by atoms with Gasteiger partial charge in [-0.3, -0.25) is 4.90 Å². The second-order valence-corrected chi connectivity index (χ2v) is 5.70. The zero-order valence-corrected chi connectivity index (χ0v) is 13.8. The van der Waals surface area contributed by atoms with Crippen LogP contribution in [0.5, 0.6) is 0 Å². The van der Waals surface area contributed by atoms with Crippen LogP contribution in [0, 0.1) is 6.92 Å². The van der Waals surface area contributed by atoms with Gasteiger partial charge in [-0.25, -0.2) is 0 Å². The standard InChI is InChI=1S/C16H30N2O2/c1-7-18(13(4)11-19-6)10-16-8-15(14(5)20-16)9-17-12(2)3/h8,12-13,17H,7,9-11H2,1-6H3. The van der Waals surface area contributed by atoms with Crippen molar-refractivity contribution >= 4 is 0 Å². The Hall–Kier alpha value is -0.840. The van der Waals surface area contributed by atoms with Gasteiger partial charge in [0.1, 0.15) is 11.5 Å². The Morgan fingerprint density at radius 2 is 2.05 bits per heavy atom. The van der Waals surface area contributed by atoms with Crippen molar-refractivity contribution in [3.8, 4) is 0 Å². The lowest BCUT2D eigenvalue weighted by atomic mass is 10.2. The SMILES string of the molecule is CCN(Cc1cc(CNC(C)C)c(C)o1)C(C)COC. The number of methoxy groups -OCH3 is 1. The van der Waals surface area contributed by atoms with Gasteiger partial charge in [-0.05, 0) is 26.5 Å². The van der Waals surface area contributed by atoms with Crippen molar-refractivity contribution < 1.29 is 9.15 Å². The molecule has 1 atom stereocenters. The molecule has 4 heteroatoms. The molecule has 1 unspecified atom stereocenters. The highest BCUT2D eigenvalue weighted by Crippen LogP contribution is 2.17. The molecule has 0 bridgehead atoms. The smallest absolute Gasteiger partial charge is 0.118 e. The van der Waals surface area contributed by atoms with Crippen LogP contribution < -0.4 is 5.32 Å². The minimum absolute atomic E-state index is 0.396. The molecule has 0 aromatic carbocycles. The molecule has 4 nitrogen and oxygen atoms in total. The summed E-state index contributed by atoms with van der Waals surface area (Å²) in [6.07, 6.45) is 0. The summed E-state index contributed by atoms with van der Waals surface area (Å²) >= 11 is 0. The lowest BCUT2D eigenvalue weighted by Crippen LogP contribution is -2.35. The second kappa shape index (κ2) is 8.45. The fourth-order valence-corrected chi connectivity index (χ4v) is 2.28. The minimum Gasteiger partial charge on any atom is -0.465 e. The first kappa shape index (κ1) is 17.2. The maximum Gasteiger partial charge on any atom is 0.118 e. The summed E-state index contributed by atoms with van der Waals surface area (Å²) < 4.78 is 11.1. The van der Waals surface area contributed by atoms with Crippen molar-refractivity contribution in [2.24, 2.45) is 0 Å². The van der Waals surface area contributed by atoms with Crippen molar-refractivity contribution in [2.45, 2.75) is 59.8 Å². The molecule has 0 aliphatic rings. The molecule has 0 aliphatic carbocycles. The average molecular weight is 282 g/mol. The largest absolute Gasteiger partial charge is 0.465 e. The van der Waals surface area contributed by atoms with Crippen LogP contribution in [0.2, 0.25) is 0 Å². The molecule has 0 amide bonds. The van der Waals surface area contributed by atoms with Crippen molar-refractivity contribution in [1.29, 1.82) is 0 Å². The van der Waals surface area contributed by atoms with Gasteiger partial charge in [0.05, 0.1) is 13.2 Å². The maximum atomic E-state index is 5.89. The number of ether oxygens (including phenoxy) is 1. The Bertz CT molecular complexity index is 388. The van der Waals surface area contributed by atoms with Crippen LogP contribution in [0.3, 0.4) is 0 Å². The molecule has 1 N–H and O–H groups in total. The number of furan rings is 1. The Labute approximate surface area is 123 Å². The fraction of sp³-hybridized carbons (Fsp3) is 0.750. The number of likely N-dealkylation sites (N-methyl/N-ethyl adjacent to an activating group) is 1. The lowest BCUT2D eigenvalue weighted by molar-refractivity contribution is 0.0934. The van der Waals surface area contributed by atoms with E-state index >= 15 is 0 Å². The highest BCUT2D eigenvalue weighted by molar-refractivity contribution is 5.20. The van der Waals surface area contributed by atoms with E-state index < -0.39 is 0 Å². The Kier molecular flexibility index (Phi) is 7.27. The van der Waals surface area contributed by atoms with E-state index in [1.807, 2.05) is 6.92 Å². The molecule has 0 radical (unpaired) electrons. The van der Waals surface area contributed by atoms with Gasteiger partial charge in [0.25, 0.3) is 0 Å². The molecule has 0 spiro atoms. The van der Waals surface area contributed by atoms with Gasteiger partial charge in [0.15, 0.2) is 0 Å². The van der Waals surface area contributed by atoms with Gasteiger partial charge in [-0.2, -0.15) is 0 Å². The van der Waals surface area contributed by atoms with Crippen molar-refractivity contribution in [1.82, 2.24) is 10.2 Å². The number of hydrogen-bond donors (Lipinski definition) is 1. The monoisotopic (exact) mass is 282 g/mol. The molecule has 1 heterocycles. The summed E-state index contributed by atoms with van der Waals surface area (Å²) in [4.78, 5) is 2.36. The van der Waals surface area contributed by atoms with E-state index in [9.17, 15) is 0 Å². The third-order valence-corrected chi connectivity index (χ3v) is 3.57. The molecular formula is C16H30N2O2. The molecule has 0 aliphatic heterocycles. The maximum absolute atomic E-state index is 5.89. The number of aryl methyl sites for hydroxylation is 1. The Morgan fingerprint density at radius 1 is 1.35 bits per heavy atom. The van der Waals surface area contributed by atoms with Crippen molar-refractivity contribution in [2.75, 3.05) is 20.3 Å². The zero-order chi connectivity index (χ0) is 15.1. The van der Waals surface area contributed by atoms with Crippen molar-refractivity contribution in [3.05, 3.63) is 23.2 Å². The van der Waals surface area contributed by atoms with E-state index in [0.717, 1.165) is 37.8 Å². The Balaban J connectivity index is 2.64. The molecular weight excluding hydrogens is 252 g/mol. The molecule has 0 saturated heterocycles. The molecule has 0 saturated carbocycles. The first-order valence-corrected chi connectivity index (χ1v) is 7.52. The summed E-state index contributed by atoms with van der Waals surface area (Å²) in [6, 6.07) is 3.06. The predicted octanol–water partition coefficient (Wildman–Crippen LogP) is 2.94. The molecule has 1 aromatic heterocycles. The third-order valence-electron chi connectivity index (χ3n) is 3.57. The summed E-state index contributed by atoms with van der Waals surface area (Å²) in [5, 5.41) is 3.43. The van der Waals surface area contributed by atoms with Crippen molar-refractivity contribution in [3.63, 3.8) is 0 Å². The molecule has 1 rings (SSSR count). The van der Waals surface area contributed by atoms with Gasteiger partial charge in [-0.15, -0.1) is 0 Å². The van der Waals surface area contributed by atoms with E-state index in [2.05, 4.69) is 44.0 Å². The predicted molar refractivity (Wildman–Crippen MR) is 82.8 cm³/mol. The first-order valence-electron chi connectivity index (χ1n) is 7.52. The second-order valence-electron chi connectivity index (χ2n) is 5.70. The topological polar surface area (TPSA) is 37.6 Å². The number of nitrogens with one attached hydrogen (secondary N) is 1. The van der Waals surface area contributed by atoms with E-state index in [4.69, 9.17) is 9.15 Å². The molecule has 0 fully saturated rings. The quantitative estimate of drug-likeness (QED) is 0.755. The summed E-state index contributed by atoms with van der Waals surface area (Å²) in [5.74, 6) is 2.05. The van der Waals surface area contributed by atoms with Gasteiger partial charge >= 0.3 is 0 Å². The van der Waals surface area contributed by atoms with Crippen LogP contribution in [-0.4, -0.2) is 37.2 Å². The summed E-state index contributed by atoms with van der Waals surface area (Å²) in [6.45, 7) is 14.1. The van der Waals surface area contributed by atoms with E-state index in [1.54, 1.807) is 7.11 Å². The number of rotatable bonds is 9. The summed E-state index contributed by atoms with van der Waals surface area (Å²) in [7, 11) is 1.75. The highest BCUT2D eigenvalue weighted by atomic mass is 16.5. The van der Waals surface area contributed by atoms with Gasteiger partial charge in [0.2, 0.25) is 0 Å². The van der Waals surface area contributed by atoms with Crippen LogP contribution in [0.25, 0.3) is 0 Å². The first-order chi connectivity index (χ1) is 9.47. The van der Waals surface area contributed by atoms with E-state index in [1.165, 1.54) is 5.56 Å². The highest BCUT2D eigenvalue weighted by Gasteiger charge is 2.15. The van der Waals surface area contributed by atoms with Gasteiger partial charge in [0, 0.05) is 31.3 Å². The normalized spacial score (nSPS) is 13.4. The zero-order valence-electron chi connectivity index (χ0n) is 13.8. The number of hydrogen-bond acceptors (Lipinski definition) is 4. The van der Waals surface area contributed by atoms with Crippen LogP contribution in [0.1, 0.15) is 44.8 Å². The summed E-state index contributed by atoms with van der Waals surface area (Å²) in [5.41, 5.74) is 1.25. The fourth-order valence-electron chi connectivity index (χ4n) is 2.28. The van der Waals surface area contributed by atoms with Crippen LogP contribution in [0.4, 0.5) is 0 Å². The lowest BCUT2D eigenvalue weighted by Gasteiger charge is -2.26. The van der Waals surface area contributed by atoms with Gasteiger partial charge in [-0.1, -0.05) is 20.8 Å². The molecule has 116 valence electrons. The molecule has 20 heavy (non-hydrogen) atoms. The number of nitrogens with zero attached hydrogens (tertiary/aromatic N) is 1. The van der Waals surface area contributed by atoms with Gasteiger partial charge < -0.3 is 14.5 Å². The Morgan fingerprint density at radius 3 is 2.60 bits per heavy atom. The molecule has 1 aromatic rings.